The van der Waals surface area contributed by atoms with Crippen molar-refractivity contribution in [3.05, 3.63) is 46.6 Å². The predicted molar refractivity (Wildman–Crippen MR) is 101 cm³/mol. The molecule has 0 radical (unpaired) electrons. The zero-order valence-corrected chi connectivity index (χ0v) is 16.0. The van der Waals surface area contributed by atoms with Gasteiger partial charge in [-0.3, -0.25) is 9.20 Å². The molecule has 0 amide bonds. The van der Waals surface area contributed by atoms with Crippen LogP contribution in [0.1, 0.15) is 63.3 Å². The molecule has 1 aromatic carbocycles. The summed E-state index contributed by atoms with van der Waals surface area (Å²) in [5, 5.41) is 2.08. The van der Waals surface area contributed by atoms with Crippen LogP contribution in [0.15, 0.2) is 29.6 Å². The highest BCUT2D eigenvalue weighted by molar-refractivity contribution is 7.15. The minimum Gasteiger partial charge on any atom is -0.296 e. The van der Waals surface area contributed by atoms with Crippen LogP contribution in [0.4, 0.5) is 0 Å². The number of imidazole rings is 1. The topological polar surface area (TPSA) is 34.4 Å². The van der Waals surface area contributed by atoms with Gasteiger partial charge in [-0.2, -0.15) is 0 Å². The highest BCUT2D eigenvalue weighted by Gasteiger charge is 2.26. The van der Waals surface area contributed by atoms with Gasteiger partial charge in [-0.15, -0.1) is 11.3 Å². The molecule has 0 aliphatic heterocycles. The number of aromatic nitrogens is 2. The molecule has 0 fully saturated rings. The summed E-state index contributed by atoms with van der Waals surface area (Å²) in [5.74, 6) is 0. The molecule has 0 N–H and O–H groups in total. The highest BCUT2D eigenvalue weighted by Crippen LogP contribution is 2.33. The lowest BCUT2D eigenvalue weighted by Crippen LogP contribution is -2.14. The van der Waals surface area contributed by atoms with E-state index in [4.69, 9.17) is 4.98 Å². The summed E-state index contributed by atoms with van der Waals surface area (Å²) < 4.78 is 1.99. The van der Waals surface area contributed by atoms with E-state index in [2.05, 4.69) is 71.2 Å². The normalized spacial score (nSPS) is 12.8. The Hall–Kier alpha value is -1.94. The maximum atomic E-state index is 11.8. The van der Waals surface area contributed by atoms with Crippen molar-refractivity contribution in [2.75, 3.05) is 0 Å². The number of aldehydes is 1. The van der Waals surface area contributed by atoms with Crippen LogP contribution >= 0.6 is 11.3 Å². The molecule has 3 rings (SSSR count). The lowest BCUT2D eigenvalue weighted by atomic mass is 9.86. The molecule has 4 heteroatoms. The smallest absolute Gasteiger partial charge is 0.195 e. The highest BCUT2D eigenvalue weighted by atomic mass is 32.1. The van der Waals surface area contributed by atoms with Crippen LogP contribution in [0.5, 0.6) is 0 Å². The second-order valence-corrected chi connectivity index (χ2v) is 9.12. The van der Waals surface area contributed by atoms with Gasteiger partial charge < -0.3 is 0 Å². The first-order valence-electron chi connectivity index (χ1n) is 8.19. The van der Waals surface area contributed by atoms with E-state index in [1.165, 1.54) is 5.56 Å². The third kappa shape index (κ3) is 2.80. The molecule has 0 unspecified atom stereocenters. The van der Waals surface area contributed by atoms with Crippen molar-refractivity contribution in [1.29, 1.82) is 0 Å². The summed E-state index contributed by atoms with van der Waals surface area (Å²) in [6.07, 6.45) is 0.931. The second-order valence-electron chi connectivity index (χ2n) is 8.28. The fourth-order valence-electron chi connectivity index (χ4n) is 2.88. The fourth-order valence-corrected chi connectivity index (χ4v) is 3.79. The molecule has 0 bridgehead atoms. The minimum absolute atomic E-state index is 0.130. The van der Waals surface area contributed by atoms with Gasteiger partial charge in [0.2, 0.25) is 0 Å². The van der Waals surface area contributed by atoms with Crippen molar-refractivity contribution >= 4 is 22.6 Å². The van der Waals surface area contributed by atoms with Gasteiger partial charge in [-0.05, 0) is 16.5 Å². The Morgan fingerprint density at radius 2 is 1.62 bits per heavy atom. The van der Waals surface area contributed by atoms with Gasteiger partial charge in [0.1, 0.15) is 5.69 Å². The van der Waals surface area contributed by atoms with Crippen molar-refractivity contribution in [1.82, 2.24) is 9.38 Å². The van der Waals surface area contributed by atoms with Gasteiger partial charge >= 0.3 is 0 Å². The molecule has 2 aromatic heterocycles. The van der Waals surface area contributed by atoms with Gasteiger partial charge in [-0.1, -0.05) is 65.8 Å². The Kier molecular flexibility index (Phi) is 3.91. The van der Waals surface area contributed by atoms with E-state index in [-0.39, 0.29) is 10.8 Å². The number of nitrogens with zero attached hydrogens (tertiary/aromatic N) is 2. The Morgan fingerprint density at radius 1 is 1.00 bits per heavy atom. The summed E-state index contributed by atoms with van der Waals surface area (Å²) in [4.78, 5) is 17.3. The molecule has 3 nitrogen and oxygen atoms in total. The standard InChI is InChI=1S/C20H24N2OS/c1-19(2,3)14-9-7-13(8-10-14)16-12-24-18-21-17(20(4,5)6)15(11-23)22(16)18/h7-12H,1-6H3. The average Bonchev–Trinajstić information content (AvgIpc) is 3.04. The van der Waals surface area contributed by atoms with Crippen LogP contribution in [0.2, 0.25) is 0 Å². The van der Waals surface area contributed by atoms with Crippen molar-refractivity contribution in [3.8, 4) is 11.3 Å². The van der Waals surface area contributed by atoms with E-state index in [0.29, 0.717) is 5.69 Å². The van der Waals surface area contributed by atoms with Crippen molar-refractivity contribution in [2.45, 2.75) is 52.4 Å². The first-order chi connectivity index (χ1) is 11.1. The van der Waals surface area contributed by atoms with E-state index in [0.717, 1.165) is 28.2 Å². The third-order valence-corrected chi connectivity index (χ3v) is 5.09. The van der Waals surface area contributed by atoms with Gasteiger partial charge in [-0.25, -0.2) is 4.98 Å². The third-order valence-electron chi connectivity index (χ3n) is 4.27. The molecular weight excluding hydrogens is 316 g/mol. The Balaban J connectivity index is 2.17. The minimum atomic E-state index is -0.157. The van der Waals surface area contributed by atoms with E-state index in [1.54, 1.807) is 11.3 Å². The molecule has 0 atom stereocenters. The molecule has 0 saturated carbocycles. The monoisotopic (exact) mass is 340 g/mol. The Labute approximate surface area is 147 Å². The summed E-state index contributed by atoms with van der Waals surface area (Å²) >= 11 is 1.58. The second kappa shape index (κ2) is 5.55. The lowest BCUT2D eigenvalue weighted by molar-refractivity contribution is 0.111. The molecule has 0 saturated heterocycles. The zero-order valence-electron chi connectivity index (χ0n) is 15.2. The average molecular weight is 340 g/mol. The molecule has 0 aliphatic rings. The number of fused-ring (bicyclic) bond motifs is 1. The van der Waals surface area contributed by atoms with Gasteiger partial charge in [0.25, 0.3) is 0 Å². The summed E-state index contributed by atoms with van der Waals surface area (Å²) in [6, 6.07) is 8.60. The van der Waals surface area contributed by atoms with Crippen LogP contribution in [0, 0.1) is 0 Å². The summed E-state index contributed by atoms with van der Waals surface area (Å²) in [5.41, 5.74) is 4.93. The first kappa shape index (κ1) is 16.9. The predicted octanol–water partition coefficient (Wildman–Crippen LogP) is 5.47. The van der Waals surface area contributed by atoms with Gasteiger partial charge in [0.05, 0.1) is 11.4 Å². The number of hydrogen-bond donors (Lipinski definition) is 0. The van der Waals surface area contributed by atoms with Crippen LogP contribution in [-0.2, 0) is 10.8 Å². The van der Waals surface area contributed by atoms with E-state index < -0.39 is 0 Å². The van der Waals surface area contributed by atoms with Crippen molar-refractivity contribution in [2.24, 2.45) is 0 Å². The number of benzene rings is 1. The maximum Gasteiger partial charge on any atom is 0.195 e. The van der Waals surface area contributed by atoms with E-state index in [1.807, 2.05) is 4.40 Å². The fraction of sp³-hybridized carbons (Fsp3) is 0.400. The summed E-state index contributed by atoms with van der Waals surface area (Å²) in [7, 11) is 0. The molecule has 2 heterocycles. The van der Waals surface area contributed by atoms with E-state index >= 15 is 0 Å². The molecule has 0 aliphatic carbocycles. The van der Waals surface area contributed by atoms with Crippen molar-refractivity contribution < 1.29 is 4.79 Å². The molecule has 24 heavy (non-hydrogen) atoms. The van der Waals surface area contributed by atoms with E-state index in [9.17, 15) is 4.79 Å². The van der Waals surface area contributed by atoms with Crippen molar-refractivity contribution in [3.63, 3.8) is 0 Å². The Morgan fingerprint density at radius 3 is 2.12 bits per heavy atom. The Bertz CT molecular complexity index is 887. The lowest BCUT2D eigenvalue weighted by Gasteiger charge is -2.19. The SMILES string of the molecule is CC(C)(C)c1ccc(-c2csc3nc(C(C)(C)C)c(C=O)n23)cc1. The van der Waals surface area contributed by atoms with Crippen LogP contribution in [-0.4, -0.2) is 15.7 Å². The van der Waals surface area contributed by atoms with Crippen LogP contribution < -0.4 is 0 Å². The largest absolute Gasteiger partial charge is 0.296 e. The quantitative estimate of drug-likeness (QED) is 0.580. The number of hydrogen-bond acceptors (Lipinski definition) is 3. The molecule has 0 spiro atoms. The number of carbonyl (C=O) groups is 1. The number of thiazole rings is 1. The molecule has 3 aromatic rings. The molecular formula is C20H24N2OS. The summed E-state index contributed by atoms with van der Waals surface area (Å²) in [6.45, 7) is 12.9. The number of carbonyl (C=O) groups excluding carboxylic acids is 1. The zero-order chi connectivity index (χ0) is 17.7. The number of rotatable bonds is 2. The van der Waals surface area contributed by atoms with Gasteiger partial charge in [0.15, 0.2) is 11.2 Å². The van der Waals surface area contributed by atoms with Crippen LogP contribution in [0.3, 0.4) is 0 Å². The first-order valence-corrected chi connectivity index (χ1v) is 9.07. The van der Waals surface area contributed by atoms with Gasteiger partial charge in [0, 0.05) is 10.8 Å². The maximum absolute atomic E-state index is 11.8. The molecule has 126 valence electrons. The van der Waals surface area contributed by atoms with Crippen LogP contribution in [0.25, 0.3) is 16.2 Å².